The molecule has 0 amide bonds. The largest absolute Gasteiger partial charge is 0.707 e. The SMILES string of the molecule is CS(=O)(=O)O[O-].Cn1c(N=Nc2ccc(N3CCCC3)cc2)[n+](C)c2ccccc21. The van der Waals surface area contributed by atoms with Crippen LogP contribution in [0.2, 0.25) is 0 Å². The molecule has 0 bridgehead atoms. The van der Waals surface area contributed by atoms with Crippen LogP contribution >= 0.6 is 0 Å². The van der Waals surface area contributed by atoms with Crippen LogP contribution in [0.4, 0.5) is 17.3 Å². The van der Waals surface area contributed by atoms with Gasteiger partial charge in [-0.3, -0.25) is 0 Å². The van der Waals surface area contributed by atoms with Crippen molar-refractivity contribution in [1.82, 2.24) is 4.57 Å². The van der Waals surface area contributed by atoms with Gasteiger partial charge in [0.1, 0.15) is 16.7 Å². The number of imidazole rings is 1. The molecule has 30 heavy (non-hydrogen) atoms. The lowest BCUT2D eigenvalue weighted by Crippen LogP contribution is -2.26. The van der Waals surface area contributed by atoms with E-state index in [1.165, 1.54) is 18.5 Å². The molecule has 10 heteroatoms. The number of aryl methyl sites for hydroxylation is 2. The van der Waals surface area contributed by atoms with Crippen molar-refractivity contribution in [2.75, 3.05) is 24.2 Å². The minimum atomic E-state index is -3.72. The van der Waals surface area contributed by atoms with Crippen LogP contribution in [0.3, 0.4) is 0 Å². The normalized spacial score (nSPS) is 14.3. The number of benzene rings is 2. The number of azo groups is 1. The molecule has 0 N–H and O–H groups in total. The maximum atomic E-state index is 9.47. The third kappa shape index (κ3) is 5.21. The van der Waals surface area contributed by atoms with E-state index in [2.05, 4.69) is 52.9 Å². The van der Waals surface area contributed by atoms with Crippen molar-refractivity contribution in [2.45, 2.75) is 12.8 Å². The molecule has 2 aromatic carbocycles. The van der Waals surface area contributed by atoms with Crippen LogP contribution in [0.5, 0.6) is 0 Å². The van der Waals surface area contributed by atoms with Crippen molar-refractivity contribution in [2.24, 2.45) is 24.3 Å². The van der Waals surface area contributed by atoms with Gasteiger partial charge in [-0.15, -0.1) is 0 Å². The Morgan fingerprint density at radius 2 is 1.63 bits per heavy atom. The van der Waals surface area contributed by atoms with Crippen LogP contribution in [-0.2, 0) is 28.5 Å². The summed E-state index contributed by atoms with van der Waals surface area (Å²) in [5.74, 6) is 0.833. The van der Waals surface area contributed by atoms with E-state index < -0.39 is 10.1 Å². The van der Waals surface area contributed by atoms with Crippen LogP contribution in [0.25, 0.3) is 11.0 Å². The molecule has 1 aromatic heterocycles. The zero-order chi connectivity index (χ0) is 21.7. The Hall–Kier alpha value is -2.82. The molecule has 0 radical (unpaired) electrons. The van der Waals surface area contributed by atoms with Crippen LogP contribution in [0, 0.1) is 0 Å². The van der Waals surface area contributed by atoms with E-state index in [1.54, 1.807) is 0 Å². The summed E-state index contributed by atoms with van der Waals surface area (Å²) in [7, 11) is 0.324. The number of hydrogen-bond acceptors (Lipinski definition) is 7. The average molecular weight is 432 g/mol. The van der Waals surface area contributed by atoms with Crippen LogP contribution in [0.15, 0.2) is 58.8 Å². The number of anilines is 1. The summed E-state index contributed by atoms with van der Waals surface area (Å²) in [4.78, 5) is 2.42. The van der Waals surface area contributed by atoms with Crippen LogP contribution in [-0.4, -0.2) is 32.3 Å². The molecule has 4 rings (SSSR count). The predicted octanol–water partition coefficient (Wildman–Crippen LogP) is 2.26. The summed E-state index contributed by atoms with van der Waals surface area (Å²) in [6.07, 6.45) is 3.26. The van der Waals surface area contributed by atoms with E-state index in [-0.39, 0.29) is 0 Å². The number of fused-ring (bicyclic) bond motifs is 1. The van der Waals surface area contributed by atoms with Crippen LogP contribution < -0.4 is 14.7 Å². The van der Waals surface area contributed by atoms with Crippen molar-refractivity contribution >= 4 is 38.5 Å². The van der Waals surface area contributed by atoms with Gasteiger partial charge in [-0.25, -0.2) is 17.6 Å². The highest BCUT2D eigenvalue weighted by Gasteiger charge is 2.19. The second-order valence-electron chi connectivity index (χ2n) is 7.09. The summed E-state index contributed by atoms with van der Waals surface area (Å²) in [6.45, 7) is 2.32. The Labute approximate surface area is 175 Å². The van der Waals surface area contributed by atoms with Crippen LogP contribution in [0.1, 0.15) is 12.8 Å². The standard InChI is InChI=1S/C19H22N5.CH4O4S/c1-22-17-7-3-4-8-18(17)23(2)19(22)21-20-15-9-11-16(12-10-15)24-13-5-6-14-24;1-6(3,4)5-2/h3-4,7-12H,5-6,13-14H2,1-2H3;2H,1H3/q+1;/p-1. The van der Waals surface area contributed by atoms with Crippen molar-refractivity contribution in [3.8, 4) is 0 Å². The highest BCUT2D eigenvalue weighted by atomic mass is 32.2. The summed E-state index contributed by atoms with van der Waals surface area (Å²) in [5.41, 5.74) is 4.46. The van der Waals surface area contributed by atoms with E-state index in [4.69, 9.17) is 5.26 Å². The first-order chi connectivity index (χ1) is 14.3. The molecule has 1 aliphatic heterocycles. The lowest BCUT2D eigenvalue weighted by atomic mass is 10.2. The maximum absolute atomic E-state index is 9.47. The number of hydrogen-bond donors (Lipinski definition) is 0. The molecule has 0 spiro atoms. The predicted molar refractivity (Wildman–Crippen MR) is 112 cm³/mol. The van der Waals surface area contributed by atoms with Gasteiger partial charge in [-0.05, 0) is 49.2 Å². The number of aromatic nitrogens is 2. The molecular formula is C20H25N5O4S. The van der Waals surface area contributed by atoms with Gasteiger partial charge in [0, 0.05) is 23.9 Å². The summed E-state index contributed by atoms with van der Waals surface area (Å²) < 4.78 is 25.7. The molecule has 3 aromatic rings. The van der Waals surface area contributed by atoms with Gasteiger partial charge < -0.3 is 14.5 Å². The summed E-state index contributed by atoms with van der Waals surface area (Å²) in [6, 6.07) is 16.6. The molecule has 1 saturated heterocycles. The Morgan fingerprint density at radius 3 is 2.20 bits per heavy atom. The first-order valence-corrected chi connectivity index (χ1v) is 11.3. The molecule has 1 aliphatic rings. The van der Waals surface area contributed by atoms with Gasteiger partial charge >= 0.3 is 5.95 Å². The van der Waals surface area contributed by atoms with E-state index in [9.17, 15) is 8.42 Å². The van der Waals surface area contributed by atoms with Gasteiger partial charge in [-0.1, -0.05) is 17.2 Å². The smallest absolute Gasteiger partial charge is 0.422 e. The minimum absolute atomic E-state index is 0.681. The zero-order valence-electron chi connectivity index (χ0n) is 17.2. The maximum Gasteiger partial charge on any atom is 0.422 e. The average Bonchev–Trinajstić information content (AvgIpc) is 3.36. The topological polar surface area (TPSA) is 103 Å². The Kier molecular flexibility index (Phi) is 6.80. The minimum Gasteiger partial charge on any atom is -0.707 e. The lowest BCUT2D eigenvalue weighted by Gasteiger charge is -2.16. The number of rotatable bonds is 4. The molecule has 0 atom stereocenters. The van der Waals surface area contributed by atoms with E-state index in [1.807, 2.05) is 38.4 Å². The monoisotopic (exact) mass is 431 g/mol. The molecule has 1 fully saturated rings. The lowest BCUT2D eigenvalue weighted by molar-refractivity contribution is -0.634. The number of nitrogens with zero attached hydrogens (tertiary/aromatic N) is 5. The van der Waals surface area contributed by atoms with Gasteiger partial charge in [-0.2, -0.15) is 0 Å². The zero-order valence-corrected chi connectivity index (χ0v) is 18.0. The Balaban J connectivity index is 0.000000377. The summed E-state index contributed by atoms with van der Waals surface area (Å²) in [5, 5.41) is 17.8. The fourth-order valence-electron chi connectivity index (χ4n) is 3.41. The molecule has 160 valence electrons. The van der Waals surface area contributed by atoms with Crippen molar-refractivity contribution in [3.05, 3.63) is 48.5 Å². The van der Waals surface area contributed by atoms with Gasteiger partial charge in [0.05, 0.1) is 20.4 Å². The first kappa shape index (κ1) is 21.9. The first-order valence-electron chi connectivity index (χ1n) is 9.52. The molecule has 0 unspecified atom stereocenters. The number of para-hydroxylation sites is 2. The molecule has 2 heterocycles. The van der Waals surface area contributed by atoms with E-state index in [0.29, 0.717) is 6.26 Å². The highest BCUT2D eigenvalue weighted by Crippen LogP contribution is 2.25. The molecule has 9 nitrogen and oxygen atoms in total. The van der Waals surface area contributed by atoms with Gasteiger partial charge in [0.25, 0.3) is 10.1 Å². The summed E-state index contributed by atoms with van der Waals surface area (Å²) >= 11 is 0. The van der Waals surface area contributed by atoms with E-state index in [0.717, 1.165) is 35.8 Å². The van der Waals surface area contributed by atoms with Crippen molar-refractivity contribution in [3.63, 3.8) is 0 Å². The van der Waals surface area contributed by atoms with E-state index >= 15 is 0 Å². The highest BCUT2D eigenvalue weighted by molar-refractivity contribution is 7.85. The fraction of sp³-hybridized carbons (Fsp3) is 0.350. The third-order valence-electron chi connectivity index (χ3n) is 4.90. The Morgan fingerprint density at radius 1 is 1.03 bits per heavy atom. The second kappa shape index (κ2) is 9.33. The quantitative estimate of drug-likeness (QED) is 0.273. The Bertz CT molecular complexity index is 1090. The van der Waals surface area contributed by atoms with Crippen molar-refractivity contribution < 1.29 is 22.6 Å². The van der Waals surface area contributed by atoms with Gasteiger partial charge in [0.15, 0.2) is 0 Å². The molecule has 0 saturated carbocycles. The van der Waals surface area contributed by atoms with Crippen molar-refractivity contribution in [1.29, 1.82) is 0 Å². The molecular weight excluding hydrogens is 406 g/mol. The molecule has 0 aliphatic carbocycles. The third-order valence-corrected chi connectivity index (χ3v) is 5.15. The van der Waals surface area contributed by atoms with Gasteiger partial charge in [0.2, 0.25) is 0 Å². The second-order valence-corrected chi connectivity index (χ2v) is 8.63. The fourth-order valence-corrected chi connectivity index (χ4v) is 3.41.